The van der Waals surface area contributed by atoms with Gasteiger partial charge in [-0.05, 0) is 62.1 Å². The fourth-order valence-electron chi connectivity index (χ4n) is 4.13. The van der Waals surface area contributed by atoms with Crippen LogP contribution in [0.4, 0.5) is 4.79 Å². The third kappa shape index (κ3) is 5.68. The summed E-state index contributed by atoms with van der Waals surface area (Å²) in [5, 5.41) is 12.4. The van der Waals surface area contributed by atoms with Crippen molar-refractivity contribution < 1.29 is 9.90 Å². The minimum Gasteiger partial charge on any atom is -0.396 e. The average Bonchev–Trinajstić information content (AvgIpc) is 2.69. The molecule has 0 saturated carbocycles. The standard InChI is InChI=1S/C20H32N4O2/c25-16-19-4-2-9-23(15-19)12-8-22-20(26)24-10-5-17(6-11-24)13-18-3-1-7-21-14-18/h1,3,7,14,17,19,25H,2,4-6,8-13,15-16H2,(H,22,26)/t19-/m1/s1. The van der Waals surface area contributed by atoms with E-state index in [-0.39, 0.29) is 12.6 Å². The lowest BCUT2D eigenvalue weighted by Crippen LogP contribution is -2.47. The van der Waals surface area contributed by atoms with Crippen molar-refractivity contribution in [1.29, 1.82) is 0 Å². The van der Waals surface area contributed by atoms with Crippen LogP contribution in [-0.2, 0) is 6.42 Å². The van der Waals surface area contributed by atoms with E-state index in [0.717, 1.165) is 64.8 Å². The Morgan fingerprint density at radius 1 is 1.23 bits per heavy atom. The number of carbonyl (C=O) groups is 1. The molecule has 0 aliphatic carbocycles. The normalized spacial score (nSPS) is 22.3. The molecule has 3 rings (SSSR count). The number of nitrogens with zero attached hydrogens (tertiary/aromatic N) is 3. The van der Waals surface area contributed by atoms with Crippen LogP contribution in [0.3, 0.4) is 0 Å². The van der Waals surface area contributed by atoms with Gasteiger partial charge in [0.2, 0.25) is 0 Å². The maximum absolute atomic E-state index is 12.4. The third-order valence-corrected chi connectivity index (χ3v) is 5.71. The van der Waals surface area contributed by atoms with Crippen molar-refractivity contribution in [2.45, 2.75) is 32.1 Å². The quantitative estimate of drug-likeness (QED) is 0.811. The van der Waals surface area contributed by atoms with Gasteiger partial charge in [0, 0.05) is 51.7 Å². The van der Waals surface area contributed by atoms with Gasteiger partial charge in [-0.25, -0.2) is 4.79 Å². The number of aliphatic hydroxyl groups excluding tert-OH is 1. The summed E-state index contributed by atoms with van der Waals surface area (Å²) in [4.78, 5) is 20.9. The van der Waals surface area contributed by atoms with Crippen LogP contribution in [0.5, 0.6) is 0 Å². The number of pyridine rings is 1. The van der Waals surface area contributed by atoms with Crippen LogP contribution < -0.4 is 5.32 Å². The van der Waals surface area contributed by atoms with E-state index in [1.807, 2.05) is 23.4 Å². The second kappa shape index (κ2) is 9.88. The first-order valence-corrected chi connectivity index (χ1v) is 9.99. The molecule has 1 aromatic heterocycles. The summed E-state index contributed by atoms with van der Waals surface area (Å²) in [6, 6.07) is 4.19. The summed E-state index contributed by atoms with van der Waals surface area (Å²) in [6.07, 6.45) is 9.20. The molecule has 2 fully saturated rings. The number of rotatable bonds is 6. The first kappa shape index (κ1) is 19.1. The van der Waals surface area contributed by atoms with Crippen LogP contribution in [0.15, 0.2) is 24.5 Å². The van der Waals surface area contributed by atoms with Gasteiger partial charge in [-0.3, -0.25) is 4.98 Å². The number of carbonyl (C=O) groups excluding carboxylic acids is 1. The molecular formula is C20H32N4O2. The molecule has 6 heteroatoms. The van der Waals surface area contributed by atoms with Gasteiger partial charge in [0.25, 0.3) is 0 Å². The van der Waals surface area contributed by atoms with Gasteiger partial charge in [-0.15, -0.1) is 0 Å². The number of nitrogens with one attached hydrogen (secondary N) is 1. The lowest BCUT2D eigenvalue weighted by atomic mass is 9.91. The summed E-state index contributed by atoms with van der Waals surface area (Å²) in [5.41, 5.74) is 1.29. The van der Waals surface area contributed by atoms with Gasteiger partial charge in [0.15, 0.2) is 0 Å². The lowest BCUT2D eigenvalue weighted by molar-refractivity contribution is 0.120. The van der Waals surface area contributed by atoms with E-state index in [1.165, 1.54) is 5.56 Å². The molecule has 0 spiro atoms. The maximum atomic E-state index is 12.4. The van der Waals surface area contributed by atoms with Crippen molar-refractivity contribution in [2.24, 2.45) is 11.8 Å². The van der Waals surface area contributed by atoms with Crippen molar-refractivity contribution in [3.05, 3.63) is 30.1 Å². The maximum Gasteiger partial charge on any atom is 0.317 e. The van der Waals surface area contributed by atoms with Crippen LogP contribution in [0.1, 0.15) is 31.2 Å². The number of hydrogen-bond acceptors (Lipinski definition) is 4. The zero-order valence-electron chi connectivity index (χ0n) is 15.6. The van der Waals surface area contributed by atoms with Crippen molar-refractivity contribution in [1.82, 2.24) is 20.1 Å². The molecule has 0 aromatic carbocycles. The predicted molar refractivity (Wildman–Crippen MR) is 102 cm³/mol. The Labute approximate surface area is 156 Å². The fraction of sp³-hybridized carbons (Fsp3) is 0.700. The molecule has 1 aromatic rings. The Morgan fingerprint density at radius 3 is 2.81 bits per heavy atom. The first-order valence-electron chi connectivity index (χ1n) is 9.99. The van der Waals surface area contributed by atoms with E-state index in [9.17, 15) is 9.90 Å². The monoisotopic (exact) mass is 360 g/mol. The lowest BCUT2D eigenvalue weighted by Gasteiger charge is -2.33. The molecule has 26 heavy (non-hydrogen) atoms. The Balaban J connectivity index is 1.32. The van der Waals surface area contributed by atoms with E-state index < -0.39 is 0 Å². The molecule has 1 atom stereocenters. The summed E-state index contributed by atoms with van der Waals surface area (Å²) in [6.45, 7) is 5.54. The number of urea groups is 1. The SMILES string of the molecule is O=C(NCCN1CCC[C@@H](CO)C1)N1CCC(Cc2cccnc2)CC1. The number of hydrogen-bond donors (Lipinski definition) is 2. The summed E-state index contributed by atoms with van der Waals surface area (Å²) < 4.78 is 0. The molecular weight excluding hydrogens is 328 g/mol. The van der Waals surface area contributed by atoms with Crippen LogP contribution >= 0.6 is 0 Å². The highest BCUT2D eigenvalue weighted by molar-refractivity contribution is 5.74. The predicted octanol–water partition coefficient (Wildman–Crippen LogP) is 1.75. The van der Waals surface area contributed by atoms with E-state index in [4.69, 9.17) is 0 Å². The van der Waals surface area contributed by atoms with E-state index in [2.05, 4.69) is 21.3 Å². The average molecular weight is 361 g/mol. The molecule has 0 radical (unpaired) electrons. The third-order valence-electron chi connectivity index (χ3n) is 5.71. The molecule has 144 valence electrons. The Morgan fingerprint density at radius 2 is 2.08 bits per heavy atom. The van der Waals surface area contributed by atoms with Gasteiger partial charge in [-0.2, -0.15) is 0 Å². The molecule has 2 N–H and O–H groups in total. The topological polar surface area (TPSA) is 68.7 Å². The van der Waals surface area contributed by atoms with Crippen LogP contribution in [-0.4, -0.2) is 71.8 Å². The Bertz CT molecular complexity index is 546. The van der Waals surface area contributed by atoms with Crippen molar-refractivity contribution >= 4 is 6.03 Å². The minimum atomic E-state index is 0.0699. The number of likely N-dealkylation sites (tertiary alicyclic amines) is 2. The van der Waals surface area contributed by atoms with Crippen LogP contribution in [0, 0.1) is 11.8 Å². The zero-order chi connectivity index (χ0) is 18.2. The molecule has 2 aliphatic rings. The second-order valence-electron chi connectivity index (χ2n) is 7.72. The summed E-state index contributed by atoms with van der Waals surface area (Å²) >= 11 is 0. The molecule has 3 heterocycles. The van der Waals surface area contributed by atoms with Crippen molar-refractivity contribution in [3.63, 3.8) is 0 Å². The van der Waals surface area contributed by atoms with E-state index in [1.54, 1.807) is 0 Å². The zero-order valence-corrected chi connectivity index (χ0v) is 15.6. The Hall–Kier alpha value is -1.66. The van der Waals surface area contributed by atoms with Crippen molar-refractivity contribution in [3.8, 4) is 0 Å². The highest BCUT2D eigenvalue weighted by Crippen LogP contribution is 2.21. The molecule has 0 bridgehead atoms. The van der Waals surface area contributed by atoms with E-state index in [0.29, 0.717) is 18.4 Å². The highest BCUT2D eigenvalue weighted by atomic mass is 16.3. The molecule has 0 unspecified atom stereocenters. The number of aliphatic hydroxyl groups is 1. The molecule has 6 nitrogen and oxygen atoms in total. The molecule has 2 amide bonds. The second-order valence-corrected chi connectivity index (χ2v) is 7.72. The molecule has 2 saturated heterocycles. The van der Waals surface area contributed by atoms with Gasteiger partial charge < -0.3 is 20.2 Å². The van der Waals surface area contributed by atoms with Crippen LogP contribution in [0.25, 0.3) is 0 Å². The summed E-state index contributed by atoms with van der Waals surface area (Å²) in [5.74, 6) is 1.05. The van der Waals surface area contributed by atoms with E-state index >= 15 is 0 Å². The fourth-order valence-corrected chi connectivity index (χ4v) is 4.13. The molecule has 2 aliphatic heterocycles. The highest BCUT2D eigenvalue weighted by Gasteiger charge is 2.23. The summed E-state index contributed by atoms with van der Waals surface area (Å²) in [7, 11) is 0. The van der Waals surface area contributed by atoms with Gasteiger partial charge in [0.1, 0.15) is 0 Å². The van der Waals surface area contributed by atoms with Gasteiger partial charge in [0.05, 0.1) is 0 Å². The number of amides is 2. The number of aromatic nitrogens is 1. The largest absolute Gasteiger partial charge is 0.396 e. The minimum absolute atomic E-state index is 0.0699. The smallest absolute Gasteiger partial charge is 0.317 e. The first-order chi connectivity index (χ1) is 12.7. The Kier molecular flexibility index (Phi) is 7.26. The van der Waals surface area contributed by atoms with Crippen LogP contribution in [0.2, 0.25) is 0 Å². The van der Waals surface area contributed by atoms with Gasteiger partial charge in [-0.1, -0.05) is 6.07 Å². The number of piperidine rings is 2. The van der Waals surface area contributed by atoms with Gasteiger partial charge >= 0.3 is 6.03 Å². The van der Waals surface area contributed by atoms with Crippen molar-refractivity contribution in [2.75, 3.05) is 45.9 Å².